The van der Waals surface area contributed by atoms with E-state index < -0.39 is 0 Å². The molecule has 2 heterocycles. The number of aromatic amines is 1. The molecule has 2 aromatic heterocycles. The number of nitrogens with one attached hydrogen (secondary N) is 2. The van der Waals surface area contributed by atoms with Crippen LogP contribution in [0.25, 0.3) is 10.9 Å². The fourth-order valence-electron chi connectivity index (χ4n) is 1.84. The normalized spacial score (nSPS) is 10.7. The number of H-pyrrole nitrogens is 1. The number of thiazole rings is 1. The van der Waals surface area contributed by atoms with Crippen molar-refractivity contribution in [3.05, 3.63) is 47.1 Å². The molecule has 90 valence electrons. The zero-order valence-corrected chi connectivity index (χ0v) is 10.5. The molecule has 1 aromatic carbocycles. The molecule has 4 nitrogen and oxygen atoms in total. The van der Waals surface area contributed by atoms with Crippen LogP contribution in [-0.2, 0) is 0 Å². The Bertz CT molecular complexity index is 714. The van der Waals surface area contributed by atoms with Crippen LogP contribution in [0.4, 0.5) is 5.13 Å². The topological polar surface area (TPSA) is 57.8 Å². The highest BCUT2D eigenvalue weighted by atomic mass is 32.1. The maximum absolute atomic E-state index is 12.1. The number of hydrogen-bond acceptors (Lipinski definition) is 3. The van der Waals surface area contributed by atoms with E-state index in [0.29, 0.717) is 10.7 Å². The summed E-state index contributed by atoms with van der Waals surface area (Å²) in [6.45, 7) is 1.96. The van der Waals surface area contributed by atoms with Gasteiger partial charge in [0.15, 0.2) is 5.13 Å². The molecule has 18 heavy (non-hydrogen) atoms. The fraction of sp³-hybridized carbons (Fsp3) is 0.0769. The Morgan fingerprint density at radius 2 is 2.22 bits per heavy atom. The Kier molecular flexibility index (Phi) is 2.60. The van der Waals surface area contributed by atoms with Crippen molar-refractivity contribution in [1.82, 2.24) is 9.97 Å². The molecule has 0 unspecified atom stereocenters. The predicted molar refractivity (Wildman–Crippen MR) is 73.1 cm³/mol. The highest BCUT2D eigenvalue weighted by Crippen LogP contribution is 2.21. The molecule has 0 aliphatic carbocycles. The van der Waals surface area contributed by atoms with Gasteiger partial charge in [-0.05, 0) is 13.0 Å². The number of carbonyl (C=O) groups excluding carboxylic acids is 1. The smallest absolute Gasteiger partial charge is 0.259 e. The second-order valence-electron chi connectivity index (χ2n) is 3.98. The van der Waals surface area contributed by atoms with E-state index in [1.165, 1.54) is 11.3 Å². The first-order chi connectivity index (χ1) is 8.74. The fourth-order valence-corrected chi connectivity index (χ4v) is 2.50. The van der Waals surface area contributed by atoms with E-state index in [9.17, 15) is 4.79 Å². The summed E-state index contributed by atoms with van der Waals surface area (Å²) in [6.07, 6.45) is 3.47. The lowest BCUT2D eigenvalue weighted by atomic mass is 10.2. The van der Waals surface area contributed by atoms with Crippen LogP contribution in [0, 0.1) is 6.92 Å². The van der Waals surface area contributed by atoms with Gasteiger partial charge in [0.2, 0.25) is 0 Å². The minimum atomic E-state index is -0.137. The Hall–Kier alpha value is -2.14. The van der Waals surface area contributed by atoms with Crippen molar-refractivity contribution in [2.75, 3.05) is 5.32 Å². The Morgan fingerprint density at radius 3 is 3.00 bits per heavy atom. The molecule has 0 fully saturated rings. The first kappa shape index (κ1) is 11.0. The lowest BCUT2D eigenvalue weighted by molar-refractivity contribution is 0.102. The van der Waals surface area contributed by atoms with Crippen LogP contribution in [-0.4, -0.2) is 15.9 Å². The average molecular weight is 257 g/mol. The van der Waals surface area contributed by atoms with E-state index in [1.54, 1.807) is 12.4 Å². The standard InChI is InChI=1S/C13H11N3OS/c1-8-6-15-13(18-8)16-12(17)10-7-14-11-5-3-2-4-9(10)11/h2-7,14H,1H3,(H,15,16,17). The zero-order chi connectivity index (χ0) is 12.5. The largest absolute Gasteiger partial charge is 0.360 e. The van der Waals surface area contributed by atoms with Gasteiger partial charge in [-0.25, -0.2) is 4.98 Å². The molecule has 0 aliphatic rings. The molecular weight excluding hydrogens is 246 g/mol. The first-order valence-electron chi connectivity index (χ1n) is 5.54. The van der Waals surface area contributed by atoms with Crippen LogP contribution in [0.1, 0.15) is 15.2 Å². The van der Waals surface area contributed by atoms with Gasteiger partial charge >= 0.3 is 0 Å². The summed E-state index contributed by atoms with van der Waals surface area (Å²) in [5.41, 5.74) is 1.59. The van der Waals surface area contributed by atoms with Gasteiger partial charge in [-0.3, -0.25) is 10.1 Å². The number of fused-ring (bicyclic) bond motifs is 1. The van der Waals surface area contributed by atoms with Gasteiger partial charge in [0.05, 0.1) is 5.56 Å². The highest BCUT2D eigenvalue weighted by Gasteiger charge is 2.12. The number of rotatable bonds is 2. The van der Waals surface area contributed by atoms with Crippen LogP contribution in [0.15, 0.2) is 36.7 Å². The van der Waals surface area contributed by atoms with Gasteiger partial charge in [-0.2, -0.15) is 0 Å². The summed E-state index contributed by atoms with van der Waals surface area (Å²) in [6, 6.07) is 7.72. The Balaban J connectivity index is 1.92. The van der Waals surface area contributed by atoms with Crippen LogP contribution in [0.2, 0.25) is 0 Å². The van der Waals surface area contributed by atoms with E-state index >= 15 is 0 Å². The van der Waals surface area contributed by atoms with Crippen molar-refractivity contribution in [3.8, 4) is 0 Å². The summed E-state index contributed by atoms with van der Waals surface area (Å²) in [4.78, 5) is 20.4. The Morgan fingerprint density at radius 1 is 1.39 bits per heavy atom. The monoisotopic (exact) mass is 257 g/mol. The van der Waals surface area contributed by atoms with Crippen molar-refractivity contribution in [1.29, 1.82) is 0 Å². The lowest BCUT2D eigenvalue weighted by Gasteiger charge is -1.99. The van der Waals surface area contributed by atoms with Gasteiger partial charge in [-0.15, -0.1) is 11.3 Å². The number of carbonyl (C=O) groups is 1. The minimum Gasteiger partial charge on any atom is -0.360 e. The molecule has 2 N–H and O–H groups in total. The maximum atomic E-state index is 12.1. The number of para-hydroxylation sites is 1. The number of anilines is 1. The SMILES string of the molecule is Cc1cnc(NC(=O)c2c[nH]c3ccccc23)s1. The number of benzene rings is 1. The number of amides is 1. The second kappa shape index (κ2) is 4.27. The van der Waals surface area contributed by atoms with Gasteiger partial charge in [-0.1, -0.05) is 18.2 Å². The van der Waals surface area contributed by atoms with Crippen LogP contribution >= 0.6 is 11.3 Å². The van der Waals surface area contributed by atoms with E-state index in [1.807, 2.05) is 31.2 Å². The summed E-state index contributed by atoms with van der Waals surface area (Å²) in [5, 5.41) is 4.35. The van der Waals surface area contributed by atoms with Crippen molar-refractivity contribution >= 4 is 33.3 Å². The maximum Gasteiger partial charge on any atom is 0.259 e. The quantitative estimate of drug-likeness (QED) is 0.740. The third kappa shape index (κ3) is 1.89. The molecule has 1 amide bonds. The number of aryl methyl sites for hydroxylation is 1. The number of hydrogen-bond donors (Lipinski definition) is 2. The molecule has 0 saturated heterocycles. The molecule has 0 saturated carbocycles. The molecule has 0 atom stereocenters. The first-order valence-corrected chi connectivity index (χ1v) is 6.35. The van der Waals surface area contributed by atoms with Gasteiger partial charge < -0.3 is 4.98 Å². The lowest BCUT2D eigenvalue weighted by Crippen LogP contribution is -2.10. The van der Waals surface area contributed by atoms with Gasteiger partial charge in [0.1, 0.15) is 0 Å². The molecule has 0 aliphatic heterocycles. The molecule has 5 heteroatoms. The molecule has 3 rings (SSSR count). The van der Waals surface area contributed by atoms with Crippen molar-refractivity contribution in [2.24, 2.45) is 0 Å². The van der Waals surface area contributed by atoms with Gasteiger partial charge in [0.25, 0.3) is 5.91 Å². The van der Waals surface area contributed by atoms with E-state index in [4.69, 9.17) is 0 Å². The predicted octanol–water partition coefficient (Wildman–Crippen LogP) is 3.19. The minimum absolute atomic E-state index is 0.137. The van der Waals surface area contributed by atoms with Crippen LogP contribution in [0.5, 0.6) is 0 Å². The van der Waals surface area contributed by atoms with Crippen molar-refractivity contribution in [3.63, 3.8) is 0 Å². The highest BCUT2D eigenvalue weighted by molar-refractivity contribution is 7.15. The molecule has 0 bridgehead atoms. The summed E-state index contributed by atoms with van der Waals surface area (Å²) < 4.78 is 0. The van der Waals surface area contributed by atoms with Crippen LogP contribution in [0.3, 0.4) is 0 Å². The van der Waals surface area contributed by atoms with Gasteiger partial charge in [0, 0.05) is 28.2 Å². The van der Waals surface area contributed by atoms with Crippen molar-refractivity contribution < 1.29 is 4.79 Å². The van der Waals surface area contributed by atoms with E-state index in [2.05, 4.69) is 15.3 Å². The molecule has 3 aromatic rings. The third-order valence-corrected chi connectivity index (χ3v) is 3.50. The Labute approximate surface area is 108 Å². The number of nitrogens with zero attached hydrogens (tertiary/aromatic N) is 1. The molecular formula is C13H11N3OS. The summed E-state index contributed by atoms with van der Waals surface area (Å²) in [7, 11) is 0. The summed E-state index contributed by atoms with van der Waals surface area (Å²) >= 11 is 1.47. The molecule has 0 spiro atoms. The zero-order valence-electron chi connectivity index (χ0n) is 9.73. The molecule has 0 radical (unpaired) electrons. The van der Waals surface area contributed by atoms with Crippen LogP contribution < -0.4 is 5.32 Å². The van der Waals surface area contributed by atoms with E-state index in [0.717, 1.165) is 15.8 Å². The second-order valence-corrected chi connectivity index (χ2v) is 5.21. The average Bonchev–Trinajstić information content (AvgIpc) is 2.95. The third-order valence-electron chi connectivity index (χ3n) is 2.68. The van der Waals surface area contributed by atoms with E-state index in [-0.39, 0.29) is 5.91 Å². The summed E-state index contributed by atoms with van der Waals surface area (Å²) in [5.74, 6) is -0.137. The van der Waals surface area contributed by atoms with Crippen molar-refractivity contribution in [2.45, 2.75) is 6.92 Å². The number of aromatic nitrogens is 2.